The van der Waals surface area contributed by atoms with Crippen LogP contribution in [-0.4, -0.2) is 78.3 Å². The number of likely N-dealkylation sites (tertiary alicyclic amines) is 2. The molecule has 14 heteroatoms. The van der Waals surface area contributed by atoms with E-state index >= 15 is 0 Å². The maximum Gasteiger partial charge on any atom is 0.304 e. The Kier molecular flexibility index (Phi) is 16.3. The number of aliphatic hydroxyl groups excluding tert-OH is 2. The number of hydrogen-bond donors (Lipinski definition) is 4. The normalized spacial score (nSPS) is 26.9. The monoisotopic (exact) mass is 1010 g/mol. The summed E-state index contributed by atoms with van der Waals surface area (Å²) in [4.78, 5) is 55.5. The smallest absolute Gasteiger partial charge is 0.304 e. The number of carboxylic acids is 2. The van der Waals surface area contributed by atoms with E-state index in [1.165, 1.54) is 0 Å². The number of halogens is 4. The Morgan fingerprint density at radius 3 is 1.18 bits per heavy atom. The largest absolute Gasteiger partial charge is 0.481 e. The molecule has 68 heavy (non-hydrogen) atoms. The van der Waals surface area contributed by atoms with Gasteiger partial charge in [-0.3, -0.25) is 19.2 Å². The molecule has 2 heterocycles. The van der Waals surface area contributed by atoms with Crippen molar-refractivity contribution in [2.75, 3.05) is 0 Å². The lowest BCUT2D eigenvalue weighted by Gasteiger charge is -2.52. The molecule has 2 saturated carbocycles. The number of rotatable bonds is 16. The standard InChI is InChI=1S/2C27H31Cl2NO4/c2*1-3-22(25(33)17-7-8-17)30-24(16-9-11-19(28)12-10-16)21(18-5-4-6-20(29)13-18)14-27(2,26(30)34)15-23(31)32/h2*4-6,9-13,17,21-22,24-25,33H,3,7-8,14-15H2,1-2H3,(H,31,32)/t21-,22+,24-,25+,27-;21-,22+,24-,25-,27-/m11/s1. The minimum atomic E-state index is -1.11. The van der Waals surface area contributed by atoms with E-state index in [0.717, 1.165) is 47.9 Å². The van der Waals surface area contributed by atoms with Gasteiger partial charge in [0.25, 0.3) is 0 Å². The molecular formula is C54H62Cl4N2O8. The summed E-state index contributed by atoms with van der Waals surface area (Å²) < 4.78 is 0. The zero-order valence-electron chi connectivity index (χ0n) is 38.9. The molecule has 0 aromatic heterocycles. The Morgan fingerprint density at radius 2 is 0.897 bits per heavy atom. The molecular weight excluding hydrogens is 946 g/mol. The molecule has 10 atom stereocenters. The molecule has 2 amide bonds. The van der Waals surface area contributed by atoms with Crippen molar-refractivity contribution < 1.29 is 39.6 Å². The molecule has 0 spiro atoms. The van der Waals surface area contributed by atoms with Crippen molar-refractivity contribution in [1.29, 1.82) is 0 Å². The van der Waals surface area contributed by atoms with E-state index in [2.05, 4.69) is 0 Å². The molecule has 0 bridgehead atoms. The number of nitrogens with zero attached hydrogens (tertiary/aromatic N) is 2. The Morgan fingerprint density at radius 1 is 0.559 bits per heavy atom. The third-order valence-corrected chi connectivity index (χ3v) is 15.8. The van der Waals surface area contributed by atoms with Crippen LogP contribution in [0.15, 0.2) is 97.1 Å². The lowest BCUT2D eigenvalue weighted by atomic mass is 9.66. The summed E-state index contributed by atoms with van der Waals surface area (Å²) in [5, 5.41) is 44.2. The van der Waals surface area contributed by atoms with Gasteiger partial charge in [-0.25, -0.2) is 0 Å². The predicted octanol–water partition coefficient (Wildman–Crippen LogP) is 12.2. The fourth-order valence-corrected chi connectivity index (χ4v) is 11.8. The van der Waals surface area contributed by atoms with Crippen molar-refractivity contribution in [3.63, 3.8) is 0 Å². The quantitative estimate of drug-likeness (QED) is 0.0865. The summed E-state index contributed by atoms with van der Waals surface area (Å²) >= 11 is 25.1. The fourth-order valence-electron chi connectivity index (χ4n) is 11.2. The maximum absolute atomic E-state index is 14.1. The highest BCUT2D eigenvalue weighted by Gasteiger charge is 2.56. The van der Waals surface area contributed by atoms with Gasteiger partial charge in [0.2, 0.25) is 11.8 Å². The van der Waals surface area contributed by atoms with Crippen LogP contribution in [0.3, 0.4) is 0 Å². The molecule has 4 aliphatic rings. The molecule has 2 aliphatic carbocycles. The van der Waals surface area contributed by atoms with Gasteiger partial charge in [-0.05, 0) is 134 Å². The van der Waals surface area contributed by atoms with Crippen molar-refractivity contribution in [3.8, 4) is 0 Å². The minimum absolute atomic E-state index is 0.167. The lowest BCUT2D eigenvalue weighted by Crippen LogP contribution is -2.59. The van der Waals surface area contributed by atoms with Gasteiger partial charge >= 0.3 is 11.9 Å². The number of aliphatic carboxylic acids is 2. The van der Waals surface area contributed by atoms with Gasteiger partial charge in [0.15, 0.2) is 0 Å². The molecule has 10 nitrogen and oxygen atoms in total. The van der Waals surface area contributed by atoms with Gasteiger partial charge in [0.05, 0.1) is 60.0 Å². The van der Waals surface area contributed by atoms with Crippen LogP contribution >= 0.6 is 46.4 Å². The summed E-state index contributed by atoms with van der Waals surface area (Å²) in [5.74, 6) is -2.55. The van der Waals surface area contributed by atoms with Gasteiger partial charge in [0.1, 0.15) is 0 Å². The molecule has 4 aromatic rings. The second kappa shape index (κ2) is 21.5. The van der Waals surface area contributed by atoms with Crippen LogP contribution in [0.2, 0.25) is 20.1 Å². The van der Waals surface area contributed by atoms with E-state index in [-0.39, 0.29) is 60.4 Å². The molecule has 4 N–H and O–H groups in total. The first-order valence-electron chi connectivity index (χ1n) is 23.8. The van der Waals surface area contributed by atoms with Crippen molar-refractivity contribution in [3.05, 3.63) is 139 Å². The molecule has 8 rings (SSSR count). The van der Waals surface area contributed by atoms with Crippen LogP contribution in [0.25, 0.3) is 0 Å². The highest BCUT2D eigenvalue weighted by atomic mass is 35.5. The first-order valence-corrected chi connectivity index (χ1v) is 25.3. The van der Waals surface area contributed by atoms with E-state index in [4.69, 9.17) is 46.4 Å². The molecule has 0 radical (unpaired) electrons. The van der Waals surface area contributed by atoms with E-state index in [1.807, 2.05) is 74.5 Å². The van der Waals surface area contributed by atoms with E-state index in [0.29, 0.717) is 45.8 Å². The van der Waals surface area contributed by atoms with Crippen LogP contribution < -0.4 is 0 Å². The molecule has 4 fully saturated rings. The first kappa shape index (κ1) is 51.7. The average Bonchev–Trinajstić information content (AvgIpc) is 4.23. The topological polar surface area (TPSA) is 156 Å². The van der Waals surface area contributed by atoms with E-state index in [9.17, 15) is 39.6 Å². The third kappa shape index (κ3) is 11.4. The van der Waals surface area contributed by atoms with Crippen LogP contribution in [0, 0.1) is 22.7 Å². The van der Waals surface area contributed by atoms with Gasteiger partial charge in [-0.1, -0.05) is 123 Å². The molecule has 364 valence electrons. The molecule has 2 saturated heterocycles. The van der Waals surface area contributed by atoms with Gasteiger partial charge in [0, 0.05) is 31.9 Å². The first-order chi connectivity index (χ1) is 32.3. The van der Waals surface area contributed by atoms with Gasteiger partial charge in [-0.15, -0.1) is 0 Å². The highest BCUT2D eigenvalue weighted by Crippen LogP contribution is 2.55. The third-order valence-electron chi connectivity index (χ3n) is 14.8. The van der Waals surface area contributed by atoms with E-state index < -0.39 is 47.1 Å². The number of benzene rings is 4. The number of aliphatic hydroxyl groups is 2. The number of piperidine rings is 2. The Hall–Kier alpha value is -4.16. The lowest BCUT2D eigenvalue weighted by molar-refractivity contribution is -0.164. The zero-order valence-corrected chi connectivity index (χ0v) is 41.9. The van der Waals surface area contributed by atoms with Crippen LogP contribution in [0.5, 0.6) is 0 Å². The van der Waals surface area contributed by atoms with Crippen LogP contribution in [-0.2, 0) is 19.2 Å². The number of carbonyl (C=O) groups excluding carboxylic acids is 2. The van der Waals surface area contributed by atoms with E-state index in [1.54, 1.807) is 60.0 Å². The fraction of sp³-hybridized carbons (Fsp3) is 0.481. The molecule has 2 aliphatic heterocycles. The Labute approximate surface area is 419 Å². The second-order valence-electron chi connectivity index (χ2n) is 20.0. The summed E-state index contributed by atoms with van der Waals surface area (Å²) in [6, 6.07) is 28.4. The van der Waals surface area contributed by atoms with Crippen LogP contribution in [0.4, 0.5) is 0 Å². The summed E-state index contributed by atoms with van der Waals surface area (Å²) in [7, 11) is 0. The van der Waals surface area contributed by atoms with Crippen molar-refractivity contribution >= 4 is 70.2 Å². The average molecular weight is 1010 g/mol. The molecule has 4 aromatic carbocycles. The highest BCUT2D eigenvalue weighted by molar-refractivity contribution is 6.31. The number of hydrogen-bond acceptors (Lipinski definition) is 6. The summed E-state index contributed by atoms with van der Waals surface area (Å²) in [5.41, 5.74) is 1.47. The van der Waals surface area contributed by atoms with Crippen molar-refractivity contribution in [1.82, 2.24) is 9.80 Å². The number of carboxylic acid groups (broad SMARTS) is 2. The zero-order chi connectivity index (χ0) is 49.2. The maximum atomic E-state index is 14.1. The number of amides is 2. The summed E-state index contributed by atoms with van der Waals surface area (Å²) in [6.45, 7) is 7.42. The molecule has 0 unspecified atom stereocenters. The minimum Gasteiger partial charge on any atom is -0.481 e. The predicted molar refractivity (Wildman–Crippen MR) is 266 cm³/mol. The van der Waals surface area contributed by atoms with Gasteiger partial charge in [-0.2, -0.15) is 0 Å². The summed E-state index contributed by atoms with van der Waals surface area (Å²) in [6.07, 6.45) is 3.75. The van der Waals surface area contributed by atoms with Crippen molar-refractivity contribution in [2.45, 2.75) is 140 Å². The SMILES string of the molecule is CC[C@@H]([C@@H](O)C1CC1)N1C(=O)[C@@](C)(CC(=O)O)C[C@H](c2cccc(Cl)c2)[C@H]1c1ccc(Cl)cc1.CC[C@@H]([C@H](O)C1CC1)N1C(=O)[C@@](C)(CC(=O)O)C[C@H](c2cccc(Cl)c2)[C@H]1c1ccc(Cl)cc1. The number of carbonyl (C=O) groups is 4. The van der Waals surface area contributed by atoms with Crippen LogP contribution in [0.1, 0.15) is 138 Å². The Bertz CT molecular complexity index is 2280. The van der Waals surface area contributed by atoms with Gasteiger partial charge < -0.3 is 30.2 Å². The van der Waals surface area contributed by atoms with Crippen molar-refractivity contribution in [2.24, 2.45) is 22.7 Å². The Balaban J connectivity index is 0.000000201. The second-order valence-corrected chi connectivity index (χ2v) is 21.8.